The van der Waals surface area contributed by atoms with Crippen LogP contribution in [0.5, 0.6) is 5.75 Å². The van der Waals surface area contributed by atoms with Crippen LogP contribution in [0, 0.1) is 0 Å². The first kappa shape index (κ1) is 10.5. The molecule has 1 aliphatic rings. The van der Waals surface area contributed by atoms with Gasteiger partial charge in [-0.25, -0.2) is 0 Å². The van der Waals surface area contributed by atoms with Gasteiger partial charge >= 0.3 is 0 Å². The molecule has 15 heavy (non-hydrogen) atoms. The Hall–Kier alpha value is -1.02. The van der Waals surface area contributed by atoms with Crippen molar-refractivity contribution in [1.29, 1.82) is 0 Å². The second-order valence-corrected chi connectivity index (χ2v) is 4.68. The van der Waals surface area contributed by atoms with Gasteiger partial charge in [-0.05, 0) is 42.0 Å². The lowest BCUT2D eigenvalue weighted by Crippen LogP contribution is -2.06. The lowest BCUT2D eigenvalue weighted by atomic mass is 9.97. The van der Waals surface area contributed by atoms with E-state index < -0.39 is 5.60 Å². The van der Waals surface area contributed by atoms with Crippen molar-refractivity contribution in [3.63, 3.8) is 0 Å². The SMILES string of the molecule is COc1cc(C(C)C)cc(C2(O)CC2)c1. The summed E-state index contributed by atoms with van der Waals surface area (Å²) in [5, 5.41) is 10.1. The number of methoxy groups -OCH3 is 1. The smallest absolute Gasteiger partial charge is 0.119 e. The van der Waals surface area contributed by atoms with Gasteiger partial charge in [-0.1, -0.05) is 19.9 Å². The largest absolute Gasteiger partial charge is 0.497 e. The molecule has 0 atom stereocenters. The molecule has 0 amide bonds. The Kier molecular flexibility index (Phi) is 2.47. The molecular weight excluding hydrogens is 188 g/mol. The summed E-state index contributed by atoms with van der Waals surface area (Å²) in [5.74, 6) is 1.30. The van der Waals surface area contributed by atoms with Crippen LogP contribution in [-0.4, -0.2) is 12.2 Å². The molecule has 2 nitrogen and oxygen atoms in total. The van der Waals surface area contributed by atoms with Crippen molar-refractivity contribution in [3.05, 3.63) is 29.3 Å². The molecular formula is C13H18O2. The summed E-state index contributed by atoms with van der Waals surface area (Å²) >= 11 is 0. The maximum Gasteiger partial charge on any atom is 0.119 e. The first-order chi connectivity index (χ1) is 7.05. The average Bonchev–Trinajstić information content (AvgIpc) is 2.97. The fourth-order valence-electron chi connectivity index (χ4n) is 1.75. The minimum Gasteiger partial charge on any atom is -0.497 e. The Balaban J connectivity index is 2.42. The van der Waals surface area contributed by atoms with Crippen molar-refractivity contribution in [3.8, 4) is 5.75 Å². The first-order valence-corrected chi connectivity index (χ1v) is 5.47. The number of aliphatic hydroxyl groups is 1. The summed E-state index contributed by atoms with van der Waals surface area (Å²) in [6.07, 6.45) is 1.75. The minimum absolute atomic E-state index is 0.459. The number of hydrogen-bond donors (Lipinski definition) is 1. The highest BCUT2D eigenvalue weighted by Gasteiger charge is 2.42. The Bertz CT molecular complexity index is 365. The quantitative estimate of drug-likeness (QED) is 0.824. The standard InChI is InChI=1S/C13H18O2/c1-9(2)10-6-11(13(14)4-5-13)8-12(7-10)15-3/h6-9,14H,4-5H2,1-3H3. The van der Waals surface area contributed by atoms with E-state index in [1.54, 1.807) is 7.11 Å². The Morgan fingerprint density at radius 3 is 2.40 bits per heavy atom. The van der Waals surface area contributed by atoms with Gasteiger partial charge < -0.3 is 9.84 Å². The zero-order valence-electron chi connectivity index (χ0n) is 9.58. The van der Waals surface area contributed by atoms with Crippen LogP contribution >= 0.6 is 0 Å². The van der Waals surface area contributed by atoms with E-state index in [4.69, 9.17) is 4.74 Å². The van der Waals surface area contributed by atoms with Crippen LogP contribution in [0.4, 0.5) is 0 Å². The lowest BCUT2D eigenvalue weighted by Gasteiger charge is -2.14. The maximum atomic E-state index is 10.1. The molecule has 1 fully saturated rings. The van der Waals surface area contributed by atoms with Crippen molar-refractivity contribution in [2.45, 2.75) is 38.2 Å². The Morgan fingerprint density at radius 1 is 1.27 bits per heavy atom. The van der Waals surface area contributed by atoms with E-state index in [2.05, 4.69) is 19.9 Å². The molecule has 1 aromatic rings. The van der Waals surface area contributed by atoms with Gasteiger partial charge in [0.05, 0.1) is 12.7 Å². The van der Waals surface area contributed by atoms with Crippen LogP contribution in [0.3, 0.4) is 0 Å². The van der Waals surface area contributed by atoms with E-state index in [1.807, 2.05) is 12.1 Å². The predicted molar refractivity (Wildman–Crippen MR) is 60.2 cm³/mol. The summed E-state index contributed by atoms with van der Waals surface area (Å²) < 4.78 is 5.26. The molecule has 2 heteroatoms. The Morgan fingerprint density at radius 2 is 1.93 bits per heavy atom. The summed E-state index contributed by atoms with van der Waals surface area (Å²) in [7, 11) is 1.67. The van der Waals surface area contributed by atoms with Crippen LogP contribution in [0.15, 0.2) is 18.2 Å². The molecule has 0 bridgehead atoms. The van der Waals surface area contributed by atoms with E-state index in [1.165, 1.54) is 5.56 Å². The summed E-state index contributed by atoms with van der Waals surface area (Å²) in [4.78, 5) is 0. The summed E-state index contributed by atoms with van der Waals surface area (Å²) in [6.45, 7) is 4.30. The van der Waals surface area contributed by atoms with Crippen molar-refractivity contribution in [2.24, 2.45) is 0 Å². The number of benzene rings is 1. The third kappa shape index (κ3) is 2.00. The van der Waals surface area contributed by atoms with Crippen molar-refractivity contribution in [2.75, 3.05) is 7.11 Å². The monoisotopic (exact) mass is 206 g/mol. The van der Waals surface area contributed by atoms with Gasteiger partial charge in [0.2, 0.25) is 0 Å². The predicted octanol–water partition coefficient (Wildman–Crippen LogP) is 2.80. The molecule has 1 aromatic carbocycles. The molecule has 0 heterocycles. The number of rotatable bonds is 3. The molecule has 0 spiro atoms. The minimum atomic E-state index is -0.571. The second kappa shape index (κ2) is 3.53. The van der Waals surface area contributed by atoms with Crippen LogP contribution in [-0.2, 0) is 5.60 Å². The van der Waals surface area contributed by atoms with Gasteiger partial charge in [0.15, 0.2) is 0 Å². The van der Waals surface area contributed by atoms with Gasteiger partial charge in [0, 0.05) is 0 Å². The van der Waals surface area contributed by atoms with Gasteiger partial charge in [-0.2, -0.15) is 0 Å². The van der Waals surface area contributed by atoms with Crippen molar-refractivity contribution in [1.82, 2.24) is 0 Å². The molecule has 0 unspecified atom stereocenters. The van der Waals surface area contributed by atoms with Gasteiger partial charge in [0.1, 0.15) is 5.75 Å². The van der Waals surface area contributed by atoms with E-state index >= 15 is 0 Å². The normalized spacial score (nSPS) is 17.9. The molecule has 0 radical (unpaired) electrons. The van der Waals surface area contributed by atoms with E-state index in [9.17, 15) is 5.11 Å². The van der Waals surface area contributed by atoms with E-state index in [-0.39, 0.29) is 0 Å². The molecule has 0 saturated heterocycles. The van der Waals surface area contributed by atoms with Crippen LogP contribution < -0.4 is 4.74 Å². The number of ether oxygens (including phenoxy) is 1. The van der Waals surface area contributed by atoms with Gasteiger partial charge in [-0.3, -0.25) is 0 Å². The Labute approximate surface area is 90.9 Å². The second-order valence-electron chi connectivity index (χ2n) is 4.68. The summed E-state index contributed by atoms with van der Waals surface area (Å²) in [6, 6.07) is 6.08. The zero-order valence-corrected chi connectivity index (χ0v) is 9.58. The summed E-state index contributed by atoms with van der Waals surface area (Å²) in [5.41, 5.74) is 1.66. The molecule has 0 aliphatic heterocycles. The lowest BCUT2D eigenvalue weighted by molar-refractivity contribution is 0.151. The molecule has 82 valence electrons. The van der Waals surface area contributed by atoms with Crippen LogP contribution in [0.1, 0.15) is 43.7 Å². The highest BCUT2D eigenvalue weighted by Crippen LogP contribution is 2.46. The van der Waals surface area contributed by atoms with Crippen molar-refractivity contribution >= 4 is 0 Å². The maximum absolute atomic E-state index is 10.1. The fourth-order valence-corrected chi connectivity index (χ4v) is 1.75. The molecule has 1 aliphatic carbocycles. The molecule has 1 saturated carbocycles. The highest BCUT2D eigenvalue weighted by molar-refractivity contribution is 5.40. The number of hydrogen-bond acceptors (Lipinski definition) is 2. The third-order valence-corrected chi connectivity index (χ3v) is 3.09. The van der Waals surface area contributed by atoms with E-state index in [0.29, 0.717) is 5.92 Å². The molecule has 0 aromatic heterocycles. The van der Waals surface area contributed by atoms with Crippen molar-refractivity contribution < 1.29 is 9.84 Å². The van der Waals surface area contributed by atoms with E-state index in [0.717, 1.165) is 24.2 Å². The van der Waals surface area contributed by atoms with Crippen LogP contribution in [0.25, 0.3) is 0 Å². The highest BCUT2D eigenvalue weighted by atomic mass is 16.5. The first-order valence-electron chi connectivity index (χ1n) is 5.47. The zero-order chi connectivity index (χ0) is 11.1. The average molecular weight is 206 g/mol. The van der Waals surface area contributed by atoms with Crippen LogP contribution in [0.2, 0.25) is 0 Å². The van der Waals surface area contributed by atoms with Gasteiger partial charge in [-0.15, -0.1) is 0 Å². The third-order valence-electron chi connectivity index (χ3n) is 3.09. The van der Waals surface area contributed by atoms with Gasteiger partial charge in [0.25, 0.3) is 0 Å². The fraction of sp³-hybridized carbons (Fsp3) is 0.538. The molecule has 2 rings (SSSR count). The topological polar surface area (TPSA) is 29.5 Å². The molecule has 1 N–H and O–H groups in total.